The molecule has 0 saturated carbocycles. The fraction of sp³-hybridized carbons (Fsp3) is 0.692. The normalized spacial score (nSPS) is 11.1. The van der Waals surface area contributed by atoms with E-state index in [1.54, 1.807) is 11.9 Å². The third-order valence-electron chi connectivity index (χ3n) is 2.79. The molecule has 0 saturated heterocycles. The quantitative estimate of drug-likeness (QED) is 0.917. The van der Waals surface area contributed by atoms with Gasteiger partial charge in [-0.15, -0.1) is 12.4 Å². The highest BCUT2D eigenvalue weighted by molar-refractivity contribution is 5.92. The summed E-state index contributed by atoms with van der Waals surface area (Å²) in [6.45, 7) is 9.66. The topological polar surface area (TPSA) is 50.2 Å². The molecule has 0 atom stereocenters. The van der Waals surface area contributed by atoms with Gasteiger partial charge >= 0.3 is 0 Å². The summed E-state index contributed by atoms with van der Waals surface area (Å²) >= 11 is 0. The van der Waals surface area contributed by atoms with E-state index in [1.807, 2.05) is 24.7 Å². The first-order valence-electron chi connectivity index (χ1n) is 6.24. The van der Waals surface area contributed by atoms with Gasteiger partial charge in [0.15, 0.2) is 5.69 Å². The zero-order valence-corrected chi connectivity index (χ0v) is 13.5. The van der Waals surface area contributed by atoms with Crippen LogP contribution < -0.4 is 5.32 Å². The van der Waals surface area contributed by atoms with Gasteiger partial charge in [0.25, 0.3) is 5.91 Å². The van der Waals surface area contributed by atoms with E-state index in [4.69, 9.17) is 0 Å². The summed E-state index contributed by atoms with van der Waals surface area (Å²) in [5, 5.41) is 7.44. The number of carbonyl (C=O) groups is 1. The number of aryl methyl sites for hydroxylation is 1. The molecule has 19 heavy (non-hydrogen) atoms. The summed E-state index contributed by atoms with van der Waals surface area (Å²) in [4.78, 5) is 13.9. The largest absolute Gasteiger partial charge is 0.339 e. The van der Waals surface area contributed by atoms with Crippen LogP contribution in [0.15, 0.2) is 6.07 Å². The van der Waals surface area contributed by atoms with Crippen molar-refractivity contribution in [1.82, 2.24) is 20.0 Å². The standard InChI is InChI=1S/C13H24N4O.ClH/c1-10-9-11(15-17(10)13(2,3)4)12(18)16(6)8-7-14-5;/h9,14H,7-8H2,1-6H3;1H. The molecule has 0 aliphatic heterocycles. The molecule has 0 spiro atoms. The molecular formula is C13H25ClN4O. The van der Waals surface area contributed by atoms with Crippen molar-refractivity contribution in [3.05, 3.63) is 17.5 Å². The van der Waals surface area contributed by atoms with Gasteiger partial charge in [0.1, 0.15) is 0 Å². The molecule has 0 aliphatic carbocycles. The number of rotatable bonds is 4. The molecule has 0 aromatic carbocycles. The number of likely N-dealkylation sites (N-methyl/N-ethyl adjacent to an activating group) is 2. The third-order valence-corrected chi connectivity index (χ3v) is 2.79. The van der Waals surface area contributed by atoms with Crippen LogP contribution in [0, 0.1) is 6.92 Å². The molecule has 1 N–H and O–H groups in total. The molecule has 1 aromatic heterocycles. The molecule has 110 valence electrons. The average Bonchev–Trinajstić information content (AvgIpc) is 2.66. The second-order valence-corrected chi connectivity index (χ2v) is 5.58. The second kappa shape index (κ2) is 6.91. The Morgan fingerprint density at radius 2 is 2.05 bits per heavy atom. The van der Waals surface area contributed by atoms with E-state index in [9.17, 15) is 4.79 Å². The lowest BCUT2D eigenvalue weighted by molar-refractivity contribution is 0.0789. The predicted octanol–water partition coefficient (Wildman–Crippen LogP) is 1.66. The number of carbonyl (C=O) groups excluding carboxylic acids is 1. The van der Waals surface area contributed by atoms with E-state index in [2.05, 4.69) is 31.2 Å². The highest BCUT2D eigenvalue weighted by Crippen LogP contribution is 2.17. The first kappa shape index (κ1) is 17.9. The maximum atomic E-state index is 12.2. The van der Waals surface area contributed by atoms with Crippen LogP contribution in [0.3, 0.4) is 0 Å². The molecule has 6 heteroatoms. The van der Waals surface area contributed by atoms with Gasteiger partial charge in [0, 0.05) is 25.8 Å². The highest BCUT2D eigenvalue weighted by atomic mass is 35.5. The summed E-state index contributed by atoms with van der Waals surface area (Å²) < 4.78 is 1.89. The molecule has 1 rings (SSSR count). The molecule has 0 radical (unpaired) electrons. The maximum Gasteiger partial charge on any atom is 0.274 e. The van der Waals surface area contributed by atoms with Crippen molar-refractivity contribution in [3.63, 3.8) is 0 Å². The average molecular weight is 289 g/mol. The Balaban J connectivity index is 0.00000324. The Morgan fingerprint density at radius 3 is 2.47 bits per heavy atom. The van der Waals surface area contributed by atoms with E-state index >= 15 is 0 Å². The van der Waals surface area contributed by atoms with Crippen molar-refractivity contribution < 1.29 is 4.79 Å². The van der Waals surface area contributed by atoms with Crippen LogP contribution in [0.5, 0.6) is 0 Å². The van der Waals surface area contributed by atoms with Crippen LogP contribution in [0.2, 0.25) is 0 Å². The van der Waals surface area contributed by atoms with Crippen LogP contribution in [-0.2, 0) is 5.54 Å². The van der Waals surface area contributed by atoms with Gasteiger partial charge in [-0.2, -0.15) is 5.10 Å². The molecule has 1 heterocycles. The number of amides is 1. The minimum atomic E-state index is -0.105. The Morgan fingerprint density at radius 1 is 1.47 bits per heavy atom. The summed E-state index contributed by atoms with van der Waals surface area (Å²) in [5.74, 6) is -0.0312. The number of hydrogen-bond acceptors (Lipinski definition) is 3. The zero-order chi connectivity index (χ0) is 13.9. The summed E-state index contributed by atoms with van der Waals surface area (Å²) in [7, 11) is 3.67. The minimum absolute atomic E-state index is 0. The van der Waals surface area contributed by atoms with E-state index in [-0.39, 0.29) is 23.9 Å². The van der Waals surface area contributed by atoms with Crippen molar-refractivity contribution in [2.45, 2.75) is 33.2 Å². The molecule has 1 aromatic rings. The Labute approximate surface area is 121 Å². The van der Waals surface area contributed by atoms with E-state index in [1.165, 1.54) is 0 Å². The number of nitrogens with zero attached hydrogens (tertiary/aromatic N) is 3. The fourth-order valence-corrected chi connectivity index (χ4v) is 1.83. The maximum absolute atomic E-state index is 12.2. The number of aromatic nitrogens is 2. The summed E-state index contributed by atoms with van der Waals surface area (Å²) in [6, 6.07) is 1.85. The first-order valence-corrected chi connectivity index (χ1v) is 6.24. The summed E-state index contributed by atoms with van der Waals surface area (Å²) in [5.41, 5.74) is 1.42. The lowest BCUT2D eigenvalue weighted by Gasteiger charge is -2.21. The van der Waals surface area contributed by atoms with Gasteiger partial charge in [-0.3, -0.25) is 9.48 Å². The van der Waals surface area contributed by atoms with E-state index in [0.717, 1.165) is 12.2 Å². The fourth-order valence-electron chi connectivity index (χ4n) is 1.83. The van der Waals surface area contributed by atoms with Crippen molar-refractivity contribution in [2.24, 2.45) is 0 Å². The van der Waals surface area contributed by atoms with Crippen molar-refractivity contribution >= 4 is 18.3 Å². The molecular weight excluding hydrogens is 264 g/mol. The van der Waals surface area contributed by atoms with Gasteiger partial charge in [-0.25, -0.2) is 0 Å². The Hall–Kier alpha value is -1.07. The predicted molar refractivity (Wildman–Crippen MR) is 80.1 cm³/mol. The lowest BCUT2D eigenvalue weighted by atomic mass is 10.1. The third kappa shape index (κ3) is 4.51. The molecule has 0 fully saturated rings. The lowest BCUT2D eigenvalue weighted by Crippen LogP contribution is -2.33. The van der Waals surface area contributed by atoms with E-state index < -0.39 is 0 Å². The molecule has 0 unspecified atom stereocenters. The van der Waals surface area contributed by atoms with Crippen LogP contribution in [-0.4, -0.2) is 47.8 Å². The van der Waals surface area contributed by atoms with E-state index in [0.29, 0.717) is 12.2 Å². The monoisotopic (exact) mass is 288 g/mol. The second-order valence-electron chi connectivity index (χ2n) is 5.58. The van der Waals surface area contributed by atoms with Crippen LogP contribution >= 0.6 is 12.4 Å². The minimum Gasteiger partial charge on any atom is -0.339 e. The van der Waals surface area contributed by atoms with Crippen LogP contribution in [0.4, 0.5) is 0 Å². The van der Waals surface area contributed by atoms with Crippen LogP contribution in [0.1, 0.15) is 37.0 Å². The van der Waals surface area contributed by atoms with Gasteiger partial charge in [0.2, 0.25) is 0 Å². The first-order chi connectivity index (χ1) is 8.27. The van der Waals surface area contributed by atoms with Gasteiger partial charge in [-0.05, 0) is 40.8 Å². The van der Waals surface area contributed by atoms with Crippen molar-refractivity contribution in [3.8, 4) is 0 Å². The highest BCUT2D eigenvalue weighted by Gasteiger charge is 2.21. The smallest absolute Gasteiger partial charge is 0.274 e. The summed E-state index contributed by atoms with van der Waals surface area (Å²) in [6.07, 6.45) is 0. The molecule has 1 amide bonds. The Kier molecular flexibility index (Phi) is 6.52. The van der Waals surface area contributed by atoms with Crippen LogP contribution in [0.25, 0.3) is 0 Å². The van der Waals surface area contributed by atoms with Gasteiger partial charge in [0.05, 0.1) is 5.54 Å². The van der Waals surface area contributed by atoms with Crippen molar-refractivity contribution in [1.29, 1.82) is 0 Å². The number of halogens is 1. The number of hydrogen-bond donors (Lipinski definition) is 1. The van der Waals surface area contributed by atoms with Gasteiger partial charge < -0.3 is 10.2 Å². The molecule has 0 bridgehead atoms. The molecule has 0 aliphatic rings. The Bertz CT molecular complexity index is 423. The van der Waals surface area contributed by atoms with Crippen molar-refractivity contribution in [2.75, 3.05) is 27.2 Å². The van der Waals surface area contributed by atoms with Gasteiger partial charge in [-0.1, -0.05) is 0 Å². The SMILES string of the molecule is CNCCN(C)C(=O)c1cc(C)n(C(C)(C)C)n1.Cl. The number of nitrogens with one attached hydrogen (secondary N) is 1. The zero-order valence-electron chi connectivity index (χ0n) is 12.6. The molecule has 5 nitrogen and oxygen atoms in total.